The first-order valence-corrected chi connectivity index (χ1v) is 9.23. The molecule has 3 nitrogen and oxygen atoms in total. The van der Waals surface area contributed by atoms with E-state index in [1.165, 1.54) is 7.11 Å². The lowest BCUT2D eigenvalue weighted by molar-refractivity contribution is -0.142. The van der Waals surface area contributed by atoms with Crippen LogP contribution in [-0.2, 0) is 9.53 Å². The first-order chi connectivity index (χ1) is 8.40. The van der Waals surface area contributed by atoms with Gasteiger partial charge in [0, 0.05) is 5.56 Å². The Morgan fingerprint density at radius 1 is 1.33 bits per heavy atom. The fourth-order valence-corrected chi connectivity index (χ4v) is 1.64. The van der Waals surface area contributed by atoms with Crippen molar-refractivity contribution in [1.82, 2.24) is 0 Å². The van der Waals surface area contributed by atoms with Gasteiger partial charge >= 0.3 is 5.97 Å². The molecule has 0 aliphatic rings. The Labute approximate surface area is 109 Å². The number of carbonyl (C=O) groups is 1. The summed E-state index contributed by atoms with van der Waals surface area (Å²) >= 11 is 0. The molecule has 0 spiro atoms. The molecule has 96 valence electrons. The molecule has 0 radical (unpaired) electrons. The predicted octanol–water partition coefficient (Wildman–Crippen LogP) is 2.47. The van der Waals surface area contributed by atoms with Crippen molar-refractivity contribution in [3.8, 4) is 17.2 Å². The molecule has 1 aromatic rings. The lowest BCUT2D eigenvalue weighted by Crippen LogP contribution is -2.16. The molecule has 1 rings (SSSR count). The zero-order valence-electron chi connectivity index (χ0n) is 11.2. The second kappa shape index (κ2) is 6.27. The maximum absolute atomic E-state index is 11.0. The summed E-state index contributed by atoms with van der Waals surface area (Å²) in [6.45, 7) is 6.49. The summed E-state index contributed by atoms with van der Waals surface area (Å²) in [5, 5.41) is 0. The minimum absolute atomic E-state index is 0.0819. The smallest absolute Gasteiger partial charge is 0.343 e. The first-order valence-electron chi connectivity index (χ1n) is 5.73. The van der Waals surface area contributed by atoms with E-state index in [1.807, 2.05) is 18.2 Å². The Balaban J connectivity index is 2.73. The summed E-state index contributed by atoms with van der Waals surface area (Å²) in [5.74, 6) is 3.37. The number of esters is 1. The molecule has 18 heavy (non-hydrogen) atoms. The van der Waals surface area contributed by atoms with Gasteiger partial charge in [-0.1, -0.05) is 31.6 Å². The van der Waals surface area contributed by atoms with Crippen molar-refractivity contribution in [3.05, 3.63) is 29.8 Å². The molecule has 0 fully saturated rings. The van der Waals surface area contributed by atoms with E-state index in [9.17, 15) is 4.79 Å². The first kappa shape index (κ1) is 14.3. The molecule has 4 heteroatoms. The topological polar surface area (TPSA) is 35.5 Å². The average molecular weight is 262 g/mol. The molecule has 0 aromatic heterocycles. The molecule has 1 aromatic carbocycles. The fourth-order valence-electron chi connectivity index (χ4n) is 1.12. The van der Waals surface area contributed by atoms with Gasteiger partial charge in [0.15, 0.2) is 6.61 Å². The Hall–Kier alpha value is -1.73. The summed E-state index contributed by atoms with van der Waals surface area (Å²) in [7, 11) is -0.0407. The predicted molar refractivity (Wildman–Crippen MR) is 74.2 cm³/mol. The standard InChI is InChI=1S/C14H18O3Si/c1-16-14(15)11-17-13-7-5-6-12(10-13)8-9-18(2,3)4/h5-7,10H,11H2,1-4H3. The van der Waals surface area contributed by atoms with Crippen molar-refractivity contribution in [2.75, 3.05) is 13.7 Å². The molecule has 0 unspecified atom stereocenters. The summed E-state index contributed by atoms with van der Waals surface area (Å²) in [4.78, 5) is 11.0. The zero-order chi connectivity index (χ0) is 13.6. The number of benzene rings is 1. The Bertz CT molecular complexity index is 478. The van der Waals surface area contributed by atoms with Gasteiger partial charge in [0.25, 0.3) is 0 Å². The van der Waals surface area contributed by atoms with Crippen molar-refractivity contribution in [2.24, 2.45) is 0 Å². The summed E-state index contributed by atoms with van der Waals surface area (Å²) in [6, 6.07) is 7.41. The van der Waals surface area contributed by atoms with Gasteiger partial charge in [-0.3, -0.25) is 0 Å². The molecule has 0 amide bonds. The summed E-state index contributed by atoms with van der Waals surface area (Å²) in [6.07, 6.45) is 0. The monoisotopic (exact) mass is 262 g/mol. The third kappa shape index (κ3) is 5.55. The van der Waals surface area contributed by atoms with Crippen LogP contribution in [0.5, 0.6) is 5.75 Å². The SMILES string of the molecule is COC(=O)COc1cccc(C#C[Si](C)(C)C)c1. The van der Waals surface area contributed by atoms with Gasteiger partial charge in [-0.05, 0) is 18.2 Å². The van der Waals surface area contributed by atoms with Crippen molar-refractivity contribution in [2.45, 2.75) is 19.6 Å². The maximum Gasteiger partial charge on any atom is 0.343 e. The number of hydrogen-bond acceptors (Lipinski definition) is 3. The van der Waals surface area contributed by atoms with Crippen LogP contribution in [0.3, 0.4) is 0 Å². The normalized spacial score (nSPS) is 10.2. The third-order valence-corrected chi connectivity index (χ3v) is 2.88. The van der Waals surface area contributed by atoms with Crippen molar-refractivity contribution >= 4 is 14.0 Å². The Kier molecular flexibility index (Phi) is 4.99. The molecule has 0 aliphatic heterocycles. The van der Waals surface area contributed by atoms with Gasteiger partial charge < -0.3 is 9.47 Å². The highest BCUT2D eigenvalue weighted by atomic mass is 28.3. The van der Waals surface area contributed by atoms with Gasteiger partial charge in [-0.25, -0.2) is 4.79 Å². The van der Waals surface area contributed by atoms with E-state index in [1.54, 1.807) is 6.07 Å². The maximum atomic E-state index is 11.0. The quantitative estimate of drug-likeness (QED) is 0.477. The van der Waals surface area contributed by atoms with Crippen LogP contribution < -0.4 is 4.74 Å². The van der Waals surface area contributed by atoms with E-state index in [0.29, 0.717) is 5.75 Å². The number of carbonyl (C=O) groups excluding carboxylic acids is 1. The molecular weight excluding hydrogens is 244 g/mol. The third-order valence-electron chi connectivity index (χ3n) is 2.00. The van der Waals surface area contributed by atoms with E-state index in [2.05, 4.69) is 35.8 Å². The van der Waals surface area contributed by atoms with Crippen LogP contribution in [0.4, 0.5) is 0 Å². The van der Waals surface area contributed by atoms with Gasteiger partial charge in [-0.2, -0.15) is 0 Å². The van der Waals surface area contributed by atoms with Gasteiger partial charge in [0.2, 0.25) is 0 Å². The number of rotatable bonds is 3. The highest BCUT2D eigenvalue weighted by Gasteiger charge is 2.07. The molecular formula is C14H18O3Si. The van der Waals surface area contributed by atoms with E-state index >= 15 is 0 Å². The second-order valence-corrected chi connectivity index (χ2v) is 9.64. The Morgan fingerprint density at radius 3 is 2.67 bits per heavy atom. The number of methoxy groups -OCH3 is 1. The lowest BCUT2D eigenvalue weighted by Gasteiger charge is -2.05. The molecule has 0 saturated heterocycles. The van der Waals surface area contributed by atoms with E-state index in [-0.39, 0.29) is 6.61 Å². The second-order valence-electron chi connectivity index (χ2n) is 4.89. The summed E-state index contributed by atoms with van der Waals surface area (Å²) in [5.41, 5.74) is 4.19. The molecule has 0 bridgehead atoms. The minimum Gasteiger partial charge on any atom is -0.482 e. The molecule has 0 N–H and O–H groups in total. The van der Waals surface area contributed by atoms with Gasteiger partial charge in [0.05, 0.1) is 7.11 Å². The number of hydrogen-bond donors (Lipinski definition) is 0. The van der Waals surface area contributed by atoms with Crippen molar-refractivity contribution in [1.29, 1.82) is 0 Å². The average Bonchev–Trinajstić information content (AvgIpc) is 2.33. The van der Waals surface area contributed by atoms with Crippen LogP contribution in [0.1, 0.15) is 5.56 Å². The summed E-state index contributed by atoms with van der Waals surface area (Å²) < 4.78 is 9.81. The Morgan fingerprint density at radius 2 is 2.06 bits per heavy atom. The highest BCUT2D eigenvalue weighted by Crippen LogP contribution is 2.12. The minimum atomic E-state index is -1.38. The van der Waals surface area contributed by atoms with Crippen LogP contribution in [0.15, 0.2) is 24.3 Å². The van der Waals surface area contributed by atoms with E-state index in [4.69, 9.17) is 4.74 Å². The molecule has 0 aliphatic carbocycles. The molecule has 0 heterocycles. The van der Waals surface area contributed by atoms with Gasteiger partial charge in [0.1, 0.15) is 13.8 Å². The van der Waals surface area contributed by atoms with Gasteiger partial charge in [-0.15, -0.1) is 5.54 Å². The molecule has 0 atom stereocenters. The highest BCUT2D eigenvalue weighted by molar-refractivity contribution is 6.83. The van der Waals surface area contributed by atoms with Crippen LogP contribution in [0.25, 0.3) is 0 Å². The van der Waals surface area contributed by atoms with Crippen LogP contribution in [-0.4, -0.2) is 27.8 Å². The number of ether oxygens (including phenoxy) is 2. The zero-order valence-corrected chi connectivity index (χ0v) is 12.2. The van der Waals surface area contributed by atoms with Crippen LogP contribution in [0, 0.1) is 11.5 Å². The lowest BCUT2D eigenvalue weighted by atomic mass is 10.2. The fraction of sp³-hybridized carbons (Fsp3) is 0.357. The molecule has 0 saturated carbocycles. The van der Waals surface area contributed by atoms with Crippen molar-refractivity contribution < 1.29 is 14.3 Å². The largest absolute Gasteiger partial charge is 0.482 e. The van der Waals surface area contributed by atoms with E-state index in [0.717, 1.165) is 5.56 Å². The van der Waals surface area contributed by atoms with E-state index < -0.39 is 14.0 Å². The van der Waals surface area contributed by atoms with Crippen LogP contribution >= 0.6 is 0 Å². The van der Waals surface area contributed by atoms with Crippen molar-refractivity contribution in [3.63, 3.8) is 0 Å². The van der Waals surface area contributed by atoms with Crippen LogP contribution in [0.2, 0.25) is 19.6 Å².